The highest BCUT2D eigenvalue weighted by Crippen LogP contribution is 2.27. The van der Waals surface area contributed by atoms with Gasteiger partial charge < -0.3 is 14.8 Å². The Kier molecular flexibility index (Phi) is 6.16. The third-order valence-corrected chi connectivity index (χ3v) is 4.16. The van der Waals surface area contributed by atoms with Gasteiger partial charge in [0.05, 0.1) is 18.9 Å². The van der Waals surface area contributed by atoms with E-state index in [1.165, 1.54) is 0 Å². The van der Waals surface area contributed by atoms with Crippen molar-refractivity contribution in [2.24, 2.45) is 5.92 Å². The fraction of sp³-hybridized carbons (Fsp3) is 0.318. The number of hydrogen-bond donors (Lipinski definition) is 1. The first-order valence-corrected chi connectivity index (χ1v) is 9.57. The van der Waals surface area contributed by atoms with Gasteiger partial charge in [-0.15, -0.1) is 5.10 Å². The summed E-state index contributed by atoms with van der Waals surface area (Å²) in [5.41, 5.74) is 2.39. The predicted octanol–water partition coefficient (Wildman–Crippen LogP) is 4.32. The molecule has 0 unspecified atom stereocenters. The van der Waals surface area contributed by atoms with Gasteiger partial charge in [-0.2, -0.15) is 4.98 Å². The van der Waals surface area contributed by atoms with Gasteiger partial charge in [0.2, 0.25) is 5.91 Å². The van der Waals surface area contributed by atoms with Gasteiger partial charge in [0.1, 0.15) is 5.75 Å². The van der Waals surface area contributed by atoms with Gasteiger partial charge in [0.15, 0.2) is 5.82 Å². The first-order chi connectivity index (χ1) is 13.9. The van der Waals surface area contributed by atoms with Crippen LogP contribution < -0.4 is 14.8 Å². The monoisotopic (exact) mass is 394 g/mol. The van der Waals surface area contributed by atoms with Gasteiger partial charge in [-0.1, -0.05) is 26.0 Å². The molecule has 0 saturated carbocycles. The summed E-state index contributed by atoms with van der Waals surface area (Å²) in [6.07, 6.45) is -0.0439. The Morgan fingerprint density at radius 2 is 1.79 bits per heavy atom. The van der Waals surface area contributed by atoms with Crippen LogP contribution in [0.3, 0.4) is 0 Å². The van der Waals surface area contributed by atoms with Crippen LogP contribution in [0.15, 0.2) is 48.5 Å². The Hall–Kier alpha value is -3.35. The third kappa shape index (κ3) is 4.93. The molecule has 0 fully saturated rings. The number of benzene rings is 2. The van der Waals surface area contributed by atoms with Crippen molar-refractivity contribution in [3.63, 3.8) is 0 Å². The van der Waals surface area contributed by atoms with E-state index in [9.17, 15) is 4.79 Å². The number of rotatable bonds is 7. The summed E-state index contributed by atoms with van der Waals surface area (Å²) >= 11 is 0. The number of ether oxygens (including phenoxy) is 2. The molecule has 152 valence electrons. The largest absolute Gasteiger partial charge is 0.497 e. The average Bonchev–Trinajstić information content (AvgIpc) is 3.11. The first-order valence-electron chi connectivity index (χ1n) is 9.57. The molecule has 1 heterocycles. The van der Waals surface area contributed by atoms with Crippen molar-refractivity contribution < 1.29 is 14.3 Å². The van der Waals surface area contributed by atoms with Crippen molar-refractivity contribution in [2.75, 3.05) is 12.4 Å². The summed E-state index contributed by atoms with van der Waals surface area (Å²) in [7, 11) is 1.63. The molecule has 2 aromatic carbocycles. The third-order valence-electron chi connectivity index (χ3n) is 4.16. The predicted molar refractivity (Wildman–Crippen MR) is 113 cm³/mol. The molecule has 7 nitrogen and oxygen atoms in total. The second-order valence-corrected chi connectivity index (χ2v) is 7.22. The summed E-state index contributed by atoms with van der Waals surface area (Å²) in [5.74, 6) is 1.26. The van der Waals surface area contributed by atoms with Gasteiger partial charge in [0.25, 0.3) is 0 Å². The summed E-state index contributed by atoms with van der Waals surface area (Å²) in [6, 6.07) is 15.4. The number of aromatic nitrogens is 3. The van der Waals surface area contributed by atoms with Gasteiger partial charge in [-0.25, -0.2) is 4.68 Å². The number of carbonyl (C=O) groups is 1. The van der Waals surface area contributed by atoms with Crippen LogP contribution in [-0.2, 0) is 4.79 Å². The Bertz CT molecular complexity index is 978. The van der Waals surface area contributed by atoms with E-state index < -0.39 is 0 Å². The van der Waals surface area contributed by atoms with Gasteiger partial charge in [-0.3, -0.25) is 4.79 Å². The Balaban J connectivity index is 1.98. The van der Waals surface area contributed by atoms with Gasteiger partial charge >= 0.3 is 6.01 Å². The standard InChI is InChI=1S/C22H26N4O3/c1-14(2)21(27)23-17-9-11-18(12-10-17)26-20(24-22(25-26)29-15(3)4)16-7-6-8-19(13-16)28-5/h6-15H,1-5H3,(H,23,27). The van der Waals surface area contributed by atoms with E-state index >= 15 is 0 Å². The van der Waals surface area contributed by atoms with Crippen LogP contribution in [0.2, 0.25) is 0 Å². The quantitative estimate of drug-likeness (QED) is 0.645. The molecular weight excluding hydrogens is 368 g/mol. The fourth-order valence-corrected chi connectivity index (χ4v) is 2.66. The Labute approximate surface area is 170 Å². The second kappa shape index (κ2) is 8.77. The number of carbonyl (C=O) groups excluding carboxylic acids is 1. The molecule has 29 heavy (non-hydrogen) atoms. The Morgan fingerprint density at radius 3 is 2.41 bits per heavy atom. The summed E-state index contributed by atoms with van der Waals surface area (Å²) in [4.78, 5) is 16.5. The number of amides is 1. The van der Waals surface area contributed by atoms with Crippen LogP contribution in [0.1, 0.15) is 27.7 Å². The number of methoxy groups -OCH3 is 1. The topological polar surface area (TPSA) is 78.3 Å². The lowest BCUT2D eigenvalue weighted by Gasteiger charge is -2.10. The van der Waals surface area contributed by atoms with Crippen LogP contribution in [0.25, 0.3) is 17.1 Å². The van der Waals surface area contributed by atoms with Crippen molar-refractivity contribution in [3.8, 4) is 28.8 Å². The molecule has 1 amide bonds. The molecular formula is C22H26N4O3. The zero-order chi connectivity index (χ0) is 21.0. The highest BCUT2D eigenvalue weighted by atomic mass is 16.5. The van der Waals surface area contributed by atoms with E-state index in [1.54, 1.807) is 11.8 Å². The lowest BCUT2D eigenvalue weighted by atomic mass is 10.2. The second-order valence-electron chi connectivity index (χ2n) is 7.22. The maximum atomic E-state index is 11.9. The molecule has 0 radical (unpaired) electrons. The highest BCUT2D eigenvalue weighted by Gasteiger charge is 2.16. The van der Waals surface area contributed by atoms with E-state index in [0.29, 0.717) is 11.8 Å². The molecule has 0 aliphatic rings. The molecule has 0 saturated heterocycles. The van der Waals surface area contributed by atoms with Crippen molar-refractivity contribution in [3.05, 3.63) is 48.5 Å². The average molecular weight is 394 g/mol. The number of hydrogen-bond acceptors (Lipinski definition) is 5. The normalized spacial score (nSPS) is 11.0. The fourth-order valence-electron chi connectivity index (χ4n) is 2.66. The lowest BCUT2D eigenvalue weighted by Crippen LogP contribution is -2.17. The zero-order valence-corrected chi connectivity index (χ0v) is 17.3. The van der Waals surface area contributed by atoms with Gasteiger partial charge in [0, 0.05) is 17.2 Å². The minimum absolute atomic E-state index is 0.0248. The summed E-state index contributed by atoms with van der Waals surface area (Å²) < 4.78 is 12.8. The molecule has 1 N–H and O–H groups in total. The molecule has 3 rings (SSSR count). The molecule has 3 aromatic rings. The SMILES string of the molecule is COc1cccc(-c2nc(OC(C)C)nn2-c2ccc(NC(=O)C(C)C)cc2)c1. The van der Waals surface area contributed by atoms with E-state index in [1.807, 2.05) is 76.2 Å². The summed E-state index contributed by atoms with van der Waals surface area (Å²) in [6.45, 7) is 7.57. The smallest absolute Gasteiger partial charge is 0.336 e. The van der Waals surface area contributed by atoms with E-state index in [-0.39, 0.29) is 17.9 Å². The summed E-state index contributed by atoms with van der Waals surface area (Å²) in [5, 5.41) is 7.41. The van der Waals surface area contributed by atoms with Crippen molar-refractivity contribution in [2.45, 2.75) is 33.8 Å². The van der Waals surface area contributed by atoms with Crippen molar-refractivity contribution >= 4 is 11.6 Å². The molecule has 0 bridgehead atoms. The van der Waals surface area contributed by atoms with Gasteiger partial charge in [-0.05, 0) is 50.2 Å². The number of nitrogens with zero attached hydrogens (tertiary/aromatic N) is 3. The molecule has 7 heteroatoms. The van der Waals surface area contributed by atoms with E-state index in [0.717, 1.165) is 22.7 Å². The van der Waals surface area contributed by atoms with Crippen LogP contribution in [0.5, 0.6) is 11.8 Å². The van der Waals surface area contributed by atoms with E-state index in [2.05, 4.69) is 15.4 Å². The first kappa shape index (κ1) is 20.4. The zero-order valence-electron chi connectivity index (χ0n) is 17.3. The van der Waals surface area contributed by atoms with Crippen molar-refractivity contribution in [1.29, 1.82) is 0 Å². The van der Waals surface area contributed by atoms with E-state index in [4.69, 9.17) is 9.47 Å². The minimum atomic E-state index is -0.0830. The van der Waals surface area contributed by atoms with Crippen molar-refractivity contribution in [1.82, 2.24) is 14.8 Å². The van der Waals surface area contributed by atoms with Crippen LogP contribution in [-0.4, -0.2) is 33.9 Å². The lowest BCUT2D eigenvalue weighted by molar-refractivity contribution is -0.118. The maximum absolute atomic E-state index is 11.9. The highest BCUT2D eigenvalue weighted by molar-refractivity contribution is 5.92. The van der Waals surface area contributed by atoms with Crippen LogP contribution in [0, 0.1) is 5.92 Å². The maximum Gasteiger partial charge on any atom is 0.336 e. The van der Waals surface area contributed by atoms with Crippen LogP contribution >= 0.6 is 0 Å². The Morgan fingerprint density at radius 1 is 1.07 bits per heavy atom. The number of nitrogens with one attached hydrogen (secondary N) is 1. The molecule has 0 atom stereocenters. The minimum Gasteiger partial charge on any atom is -0.497 e. The molecule has 1 aromatic heterocycles. The molecule has 0 aliphatic carbocycles. The molecule has 0 spiro atoms. The van der Waals surface area contributed by atoms with Crippen LogP contribution in [0.4, 0.5) is 5.69 Å². The molecule has 0 aliphatic heterocycles. The number of anilines is 1.